The van der Waals surface area contributed by atoms with Crippen molar-refractivity contribution in [2.75, 3.05) is 6.54 Å². The van der Waals surface area contributed by atoms with E-state index in [4.69, 9.17) is 5.26 Å². The van der Waals surface area contributed by atoms with Crippen LogP contribution in [-0.2, 0) is 23.1 Å². The molecule has 0 amide bonds. The number of sulfonamides is 1. The van der Waals surface area contributed by atoms with Gasteiger partial charge in [-0.2, -0.15) is 9.57 Å². The van der Waals surface area contributed by atoms with Gasteiger partial charge in [-0.3, -0.25) is 0 Å². The molecule has 0 fully saturated rings. The molecule has 21 heavy (non-hydrogen) atoms. The molecule has 108 valence electrons. The van der Waals surface area contributed by atoms with Crippen molar-refractivity contribution in [2.24, 2.45) is 0 Å². The zero-order valence-corrected chi connectivity index (χ0v) is 11.7. The summed E-state index contributed by atoms with van der Waals surface area (Å²) in [6.45, 7) is 0.843. The predicted molar refractivity (Wildman–Crippen MR) is 70.9 cm³/mol. The van der Waals surface area contributed by atoms with E-state index in [9.17, 15) is 12.8 Å². The monoisotopic (exact) mass is 306 g/mol. The Morgan fingerprint density at radius 1 is 1.33 bits per heavy atom. The first-order chi connectivity index (χ1) is 10.0. The molecule has 6 nitrogen and oxygen atoms in total. The third kappa shape index (κ3) is 2.20. The number of hydrogen-bond donors (Lipinski definition) is 0. The van der Waals surface area contributed by atoms with Gasteiger partial charge in [0.15, 0.2) is 0 Å². The molecule has 0 unspecified atom stereocenters. The second-order valence-electron chi connectivity index (χ2n) is 4.60. The van der Waals surface area contributed by atoms with E-state index in [-0.39, 0.29) is 18.0 Å². The van der Waals surface area contributed by atoms with E-state index in [1.165, 1.54) is 16.4 Å². The topological polar surface area (TPSA) is 79.0 Å². The van der Waals surface area contributed by atoms with Crippen molar-refractivity contribution >= 4 is 10.0 Å². The van der Waals surface area contributed by atoms with Crippen LogP contribution in [0.4, 0.5) is 4.39 Å². The highest BCUT2D eigenvalue weighted by atomic mass is 32.2. The largest absolute Gasteiger partial charge is 0.333 e. The lowest BCUT2D eigenvalue weighted by molar-refractivity contribution is 0.335. The van der Waals surface area contributed by atoms with Gasteiger partial charge in [-0.05, 0) is 12.1 Å². The molecule has 1 aliphatic heterocycles. The molecular weight excluding hydrogens is 295 g/mol. The zero-order chi connectivity index (χ0) is 15.0. The maximum atomic E-state index is 13.6. The Hall–Kier alpha value is -2.24. The smallest absolute Gasteiger partial charge is 0.244 e. The number of nitriles is 1. The zero-order valence-electron chi connectivity index (χ0n) is 10.9. The molecule has 0 radical (unpaired) electrons. The van der Waals surface area contributed by atoms with Crippen molar-refractivity contribution in [2.45, 2.75) is 18.0 Å². The van der Waals surface area contributed by atoms with Crippen molar-refractivity contribution in [3.05, 3.63) is 47.8 Å². The number of hydrogen-bond acceptors (Lipinski definition) is 4. The third-order valence-corrected chi connectivity index (χ3v) is 5.30. The molecule has 8 heteroatoms. The summed E-state index contributed by atoms with van der Waals surface area (Å²) in [6, 6.07) is 5.23. The summed E-state index contributed by atoms with van der Waals surface area (Å²) in [4.78, 5) is 3.79. The van der Waals surface area contributed by atoms with Crippen LogP contribution in [0.1, 0.15) is 11.4 Å². The lowest BCUT2D eigenvalue weighted by Crippen LogP contribution is -2.38. The summed E-state index contributed by atoms with van der Waals surface area (Å²) in [5.41, 5.74) is -0.452. The minimum absolute atomic E-state index is 0.108. The number of nitrogens with zero attached hydrogens (tertiary/aromatic N) is 4. The van der Waals surface area contributed by atoms with Gasteiger partial charge < -0.3 is 4.57 Å². The summed E-state index contributed by atoms with van der Waals surface area (Å²) >= 11 is 0. The molecule has 0 N–H and O–H groups in total. The van der Waals surface area contributed by atoms with E-state index in [0.29, 0.717) is 12.4 Å². The molecule has 2 aromatic rings. The molecule has 0 spiro atoms. The SMILES string of the molecule is N#Cc1c(F)cccc1S(=O)(=O)N1CCn2ccnc2C1. The van der Waals surface area contributed by atoms with E-state index in [1.807, 2.05) is 4.57 Å². The second kappa shape index (κ2) is 4.95. The van der Waals surface area contributed by atoms with Gasteiger partial charge in [-0.25, -0.2) is 17.8 Å². The summed E-state index contributed by atoms with van der Waals surface area (Å²) in [5.74, 6) is -0.211. The number of benzene rings is 1. The highest BCUT2D eigenvalue weighted by Crippen LogP contribution is 2.24. The van der Waals surface area contributed by atoms with Crippen LogP contribution in [0, 0.1) is 17.1 Å². The van der Waals surface area contributed by atoms with Gasteiger partial charge in [0, 0.05) is 25.5 Å². The highest BCUT2D eigenvalue weighted by molar-refractivity contribution is 7.89. The normalized spacial score (nSPS) is 15.4. The average molecular weight is 306 g/mol. The van der Waals surface area contributed by atoms with Crippen LogP contribution >= 0.6 is 0 Å². The summed E-state index contributed by atoms with van der Waals surface area (Å²) < 4.78 is 41.9. The third-order valence-electron chi connectivity index (χ3n) is 3.41. The maximum Gasteiger partial charge on any atom is 0.244 e. The average Bonchev–Trinajstić information content (AvgIpc) is 2.94. The minimum atomic E-state index is -3.93. The lowest BCUT2D eigenvalue weighted by Gasteiger charge is -2.27. The summed E-state index contributed by atoms with van der Waals surface area (Å²) in [5, 5.41) is 9.00. The molecule has 1 aliphatic rings. The van der Waals surface area contributed by atoms with Crippen LogP contribution in [0.2, 0.25) is 0 Å². The van der Waals surface area contributed by atoms with Gasteiger partial charge >= 0.3 is 0 Å². The molecule has 1 aromatic heterocycles. The van der Waals surface area contributed by atoms with Crippen LogP contribution in [0.15, 0.2) is 35.5 Å². The lowest BCUT2D eigenvalue weighted by atomic mass is 10.2. The Balaban J connectivity index is 2.03. The summed E-state index contributed by atoms with van der Waals surface area (Å²) in [7, 11) is -3.93. The van der Waals surface area contributed by atoms with Gasteiger partial charge in [-0.1, -0.05) is 6.07 Å². The van der Waals surface area contributed by atoms with E-state index in [0.717, 1.165) is 6.07 Å². The summed E-state index contributed by atoms with van der Waals surface area (Å²) in [6.07, 6.45) is 3.39. The fraction of sp³-hybridized carbons (Fsp3) is 0.231. The Labute approximate surface area is 121 Å². The van der Waals surface area contributed by atoms with Crippen LogP contribution in [0.3, 0.4) is 0 Å². The second-order valence-corrected chi connectivity index (χ2v) is 6.51. The molecular formula is C13H11FN4O2S. The number of rotatable bonds is 2. The van der Waals surface area contributed by atoms with Crippen molar-refractivity contribution in [1.82, 2.24) is 13.9 Å². The van der Waals surface area contributed by atoms with E-state index in [1.54, 1.807) is 18.5 Å². The van der Waals surface area contributed by atoms with Crippen LogP contribution in [0.25, 0.3) is 0 Å². The van der Waals surface area contributed by atoms with Crippen molar-refractivity contribution in [3.63, 3.8) is 0 Å². The Morgan fingerprint density at radius 2 is 2.14 bits per heavy atom. The molecule has 0 bridgehead atoms. The molecule has 0 saturated carbocycles. The first-order valence-corrected chi connectivity index (χ1v) is 7.67. The van der Waals surface area contributed by atoms with Gasteiger partial charge in [0.25, 0.3) is 0 Å². The van der Waals surface area contributed by atoms with Gasteiger partial charge in [0.1, 0.15) is 28.2 Å². The fourth-order valence-electron chi connectivity index (χ4n) is 2.32. The number of aromatic nitrogens is 2. The van der Waals surface area contributed by atoms with Crippen molar-refractivity contribution in [3.8, 4) is 6.07 Å². The van der Waals surface area contributed by atoms with E-state index >= 15 is 0 Å². The number of fused-ring (bicyclic) bond motifs is 1. The highest BCUT2D eigenvalue weighted by Gasteiger charge is 2.31. The number of imidazole rings is 1. The molecule has 2 heterocycles. The minimum Gasteiger partial charge on any atom is -0.333 e. The fourth-order valence-corrected chi connectivity index (χ4v) is 3.86. The Morgan fingerprint density at radius 3 is 2.90 bits per heavy atom. The first kappa shape index (κ1) is 13.7. The Bertz CT molecular complexity index is 838. The van der Waals surface area contributed by atoms with E-state index in [2.05, 4.69) is 4.98 Å². The molecule has 0 atom stereocenters. The standard InChI is InChI=1S/C13H11FN4O2S/c14-11-2-1-3-12(10(11)8-15)21(19,20)18-7-6-17-5-4-16-13(17)9-18/h1-5H,6-7,9H2. The molecule has 0 saturated heterocycles. The predicted octanol–water partition coefficient (Wildman–Crippen LogP) is 1.10. The van der Waals surface area contributed by atoms with E-state index < -0.39 is 21.4 Å². The first-order valence-electron chi connectivity index (χ1n) is 6.23. The van der Waals surface area contributed by atoms with Crippen LogP contribution in [0.5, 0.6) is 0 Å². The van der Waals surface area contributed by atoms with Gasteiger partial charge in [0.05, 0.1) is 6.54 Å². The van der Waals surface area contributed by atoms with Crippen molar-refractivity contribution < 1.29 is 12.8 Å². The van der Waals surface area contributed by atoms with Crippen LogP contribution in [-0.4, -0.2) is 28.8 Å². The molecule has 0 aliphatic carbocycles. The van der Waals surface area contributed by atoms with Gasteiger partial charge in [0.2, 0.25) is 10.0 Å². The molecule has 1 aromatic carbocycles. The van der Waals surface area contributed by atoms with Gasteiger partial charge in [-0.15, -0.1) is 0 Å². The van der Waals surface area contributed by atoms with Crippen molar-refractivity contribution in [1.29, 1.82) is 5.26 Å². The maximum absolute atomic E-state index is 13.6. The van der Waals surface area contributed by atoms with Crippen LogP contribution < -0.4 is 0 Å². The molecule has 3 rings (SSSR count). The Kier molecular flexibility index (Phi) is 3.23. The number of halogens is 1. The quantitative estimate of drug-likeness (QED) is 0.832.